The summed E-state index contributed by atoms with van der Waals surface area (Å²) >= 11 is 0. The Morgan fingerprint density at radius 1 is 0.533 bits per heavy atom. The number of hydrogen-bond donors (Lipinski definition) is 8. The minimum absolute atomic E-state index is 0.0754. The molecule has 0 radical (unpaired) electrons. The summed E-state index contributed by atoms with van der Waals surface area (Å²) in [5.41, 5.74) is 0. The summed E-state index contributed by atoms with van der Waals surface area (Å²) in [5, 5.41) is 84.1. The summed E-state index contributed by atoms with van der Waals surface area (Å²) in [6.07, 6.45) is -26.1. The van der Waals surface area contributed by atoms with Crippen molar-refractivity contribution in [3.8, 4) is 0 Å². The van der Waals surface area contributed by atoms with E-state index in [0.717, 1.165) is 0 Å². The van der Waals surface area contributed by atoms with Crippen LogP contribution in [0.2, 0.25) is 0 Å². The van der Waals surface area contributed by atoms with Gasteiger partial charge in [0.25, 0.3) is 0 Å². The van der Waals surface area contributed by atoms with Crippen molar-refractivity contribution in [2.24, 2.45) is 0 Å². The molecule has 6 aliphatic heterocycles. The van der Waals surface area contributed by atoms with Gasteiger partial charge in [-0.05, 0) is 0 Å². The Bertz CT molecular complexity index is 979. The van der Waals surface area contributed by atoms with E-state index in [1.807, 2.05) is 0 Å². The van der Waals surface area contributed by atoms with Crippen molar-refractivity contribution in [2.75, 3.05) is 34.0 Å². The Hall–Kier alpha value is -0.800. The van der Waals surface area contributed by atoms with Crippen LogP contribution in [-0.4, -0.2) is 198 Å². The van der Waals surface area contributed by atoms with Gasteiger partial charge < -0.3 is 88.2 Å². The van der Waals surface area contributed by atoms with Crippen molar-refractivity contribution in [1.29, 1.82) is 0 Å². The van der Waals surface area contributed by atoms with Gasteiger partial charge in [0.1, 0.15) is 85.5 Å². The highest BCUT2D eigenvalue weighted by Gasteiger charge is 2.59. The number of methoxy groups -OCH3 is 2. The molecule has 4 bridgehead atoms. The quantitative estimate of drug-likeness (QED) is 0.101. The molecule has 1 unspecified atom stereocenters. The lowest BCUT2D eigenvalue weighted by Gasteiger charge is -2.47. The van der Waals surface area contributed by atoms with Gasteiger partial charge in [-0.3, -0.25) is 0 Å². The van der Waals surface area contributed by atoms with E-state index in [-0.39, 0.29) is 6.61 Å². The lowest BCUT2D eigenvalue weighted by atomic mass is 9.97. The minimum atomic E-state index is -1.73. The zero-order valence-corrected chi connectivity index (χ0v) is 24.1. The zero-order valence-electron chi connectivity index (χ0n) is 24.1. The van der Waals surface area contributed by atoms with E-state index in [0.29, 0.717) is 0 Å². The Labute approximate surface area is 255 Å². The molecule has 45 heavy (non-hydrogen) atoms. The Morgan fingerprint density at radius 3 is 1.71 bits per heavy atom. The second-order valence-electron chi connectivity index (χ2n) is 11.5. The Morgan fingerprint density at radius 2 is 1.09 bits per heavy atom. The van der Waals surface area contributed by atoms with E-state index >= 15 is 0 Å². The predicted octanol–water partition coefficient (Wildman–Crippen LogP) is -6.46. The molecule has 260 valence electrons. The summed E-state index contributed by atoms with van der Waals surface area (Å²) in [5.74, 6) is 0. The van der Waals surface area contributed by atoms with Gasteiger partial charge in [-0.2, -0.15) is 0 Å². The summed E-state index contributed by atoms with van der Waals surface area (Å²) in [4.78, 5) is 10.1. The van der Waals surface area contributed by atoms with Crippen molar-refractivity contribution in [3.63, 3.8) is 0 Å². The summed E-state index contributed by atoms with van der Waals surface area (Å²) < 4.78 is 55.9. The molecule has 20 heteroatoms. The van der Waals surface area contributed by atoms with Crippen LogP contribution in [0.4, 0.5) is 0 Å². The van der Waals surface area contributed by atoms with Crippen LogP contribution in [-0.2, 0) is 57.1 Å². The van der Waals surface area contributed by atoms with Gasteiger partial charge in [0, 0.05) is 14.2 Å². The van der Waals surface area contributed by atoms with Crippen molar-refractivity contribution in [3.05, 3.63) is 0 Å². The average Bonchev–Trinajstić information content (AvgIpc) is 3.51. The van der Waals surface area contributed by atoms with E-state index in [4.69, 9.17) is 57.1 Å². The molecule has 6 saturated heterocycles. The highest BCUT2D eigenvalue weighted by atomic mass is 17.2. The monoisotopic (exact) mass is 660 g/mol. The van der Waals surface area contributed by atoms with E-state index in [9.17, 15) is 40.9 Å². The normalized spacial score (nSPS) is 54.8. The van der Waals surface area contributed by atoms with Crippen LogP contribution in [0.15, 0.2) is 0 Å². The molecule has 6 rings (SSSR count). The van der Waals surface area contributed by atoms with Crippen molar-refractivity contribution < 1.29 is 98.0 Å². The van der Waals surface area contributed by atoms with Crippen LogP contribution >= 0.6 is 0 Å². The SMILES string of the molecule is CO[C@@H]1O[C@H]2OO[C@@H]([C@@H]1O)[C@@H]2O[C@@H]1O[C@H](CO)[C@H](O)[C@H](O[C@@H]2O[C@H]3CO[C@@H]([C@@H]2O)[C@@H]3O[C@@H]2O[C@H](CO)[C@H](O)[C@H](OC)C2O)[C@H]1O. The minimum Gasteiger partial charge on any atom is -0.394 e. The van der Waals surface area contributed by atoms with Crippen molar-refractivity contribution >= 4 is 0 Å². The van der Waals surface area contributed by atoms with Gasteiger partial charge in [0.2, 0.25) is 6.29 Å². The number of rotatable bonds is 10. The fourth-order valence-electron chi connectivity index (χ4n) is 6.38. The molecule has 0 saturated carbocycles. The van der Waals surface area contributed by atoms with Crippen LogP contribution < -0.4 is 0 Å². The lowest BCUT2D eigenvalue weighted by molar-refractivity contribution is -0.377. The fraction of sp³-hybridized carbons (Fsp3) is 1.00. The van der Waals surface area contributed by atoms with Crippen LogP contribution in [0.25, 0.3) is 0 Å². The number of aliphatic hydroxyl groups excluding tert-OH is 8. The van der Waals surface area contributed by atoms with E-state index < -0.39 is 136 Å². The van der Waals surface area contributed by atoms with Gasteiger partial charge in [0.15, 0.2) is 31.3 Å². The number of hydrogen-bond acceptors (Lipinski definition) is 20. The third-order valence-corrected chi connectivity index (χ3v) is 8.83. The third-order valence-electron chi connectivity index (χ3n) is 8.83. The number of aliphatic hydroxyl groups is 8. The van der Waals surface area contributed by atoms with E-state index in [2.05, 4.69) is 0 Å². The molecule has 20 nitrogen and oxygen atoms in total. The highest BCUT2D eigenvalue weighted by molar-refractivity contribution is 5.00. The van der Waals surface area contributed by atoms with Gasteiger partial charge >= 0.3 is 0 Å². The molecule has 0 aromatic heterocycles. The average molecular weight is 661 g/mol. The maximum Gasteiger partial charge on any atom is 0.223 e. The molecule has 0 amide bonds. The first kappa shape index (κ1) is 34.1. The first-order valence-corrected chi connectivity index (χ1v) is 14.5. The third kappa shape index (κ3) is 6.15. The number of fused-ring (bicyclic) bond motifs is 4. The molecule has 0 aliphatic carbocycles. The molecule has 0 aromatic carbocycles. The van der Waals surface area contributed by atoms with Gasteiger partial charge in [0.05, 0.1) is 19.8 Å². The van der Waals surface area contributed by atoms with Crippen LogP contribution in [0.3, 0.4) is 0 Å². The molecular formula is C25H40O20. The predicted molar refractivity (Wildman–Crippen MR) is 133 cm³/mol. The molecule has 8 N–H and O–H groups in total. The smallest absolute Gasteiger partial charge is 0.223 e. The highest BCUT2D eigenvalue weighted by Crippen LogP contribution is 2.39. The summed E-state index contributed by atoms with van der Waals surface area (Å²) in [6, 6.07) is 0. The Balaban J connectivity index is 1.12. The standard InChI is InChI=1S/C25H40O20/c1-34-16-9(28)6(3-26)37-22(11(16)30)40-15-8-5-36-18(15)13(32)24(39-8)41-17-10(29)7(4-27)38-23(12(17)31)42-20-19-14(33)21(35-2)43-25(20)45-44-19/h6-33H,3-5H2,1-2H3/t6-,7-,8+,9+,10+,11?,12-,13+,14+,15-,16+,17+,18+,19+,20+,21-,22+,23+,24+,25+/m1/s1. The van der Waals surface area contributed by atoms with E-state index in [1.54, 1.807) is 0 Å². The van der Waals surface area contributed by atoms with Gasteiger partial charge in [-0.25, -0.2) is 9.78 Å². The van der Waals surface area contributed by atoms with Crippen LogP contribution in [0, 0.1) is 0 Å². The molecule has 0 aromatic rings. The summed E-state index contributed by atoms with van der Waals surface area (Å²) in [6.45, 7) is -1.37. The zero-order chi connectivity index (χ0) is 32.2. The molecule has 20 atom stereocenters. The fourth-order valence-corrected chi connectivity index (χ4v) is 6.38. The van der Waals surface area contributed by atoms with Crippen LogP contribution in [0.1, 0.15) is 0 Å². The second-order valence-corrected chi connectivity index (χ2v) is 11.5. The van der Waals surface area contributed by atoms with E-state index in [1.165, 1.54) is 14.2 Å². The van der Waals surface area contributed by atoms with Crippen LogP contribution in [0.5, 0.6) is 0 Å². The molecule has 6 heterocycles. The van der Waals surface area contributed by atoms with Crippen molar-refractivity contribution in [1.82, 2.24) is 0 Å². The molecular weight excluding hydrogens is 620 g/mol. The first-order valence-electron chi connectivity index (χ1n) is 14.5. The first-order chi connectivity index (χ1) is 21.6. The molecule has 6 fully saturated rings. The maximum atomic E-state index is 11.2. The molecule has 6 aliphatic rings. The topological polar surface area (TPSA) is 273 Å². The Kier molecular flexibility index (Phi) is 10.6. The largest absolute Gasteiger partial charge is 0.394 e. The van der Waals surface area contributed by atoms with Gasteiger partial charge in [-0.15, -0.1) is 0 Å². The number of ether oxygens (including phenoxy) is 10. The maximum absolute atomic E-state index is 11.2. The van der Waals surface area contributed by atoms with Gasteiger partial charge in [-0.1, -0.05) is 0 Å². The van der Waals surface area contributed by atoms with Crippen molar-refractivity contribution in [2.45, 2.75) is 123 Å². The lowest BCUT2D eigenvalue weighted by Crippen LogP contribution is -2.65. The molecule has 0 spiro atoms. The summed E-state index contributed by atoms with van der Waals surface area (Å²) in [7, 11) is 2.58. The second kappa shape index (κ2) is 14.0.